The lowest BCUT2D eigenvalue weighted by Crippen LogP contribution is -1.89. The zero-order chi connectivity index (χ0) is 7.56. The fourth-order valence-electron chi connectivity index (χ4n) is 0.719. The zero-order valence-corrected chi connectivity index (χ0v) is 6.51. The second-order valence-corrected chi connectivity index (χ2v) is 2.48. The Hall–Kier alpha value is -0.990. The van der Waals surface area contributed by atoms with Crippen LogP contribution in [-0.2, 0) is 0 Å². The smallest absolute Gasteiger partial charge is 0.231 e. The first-order chi connectivity index (χ1) is 4.74. The van der Waals surface area contributed by atoms with E-state index in [1.54, 1.807) is 13.3 Å². The van der Waals surface area contributed by atoms with Crippen molar-refractivity contribution in [3.8, 4) is 5.88 Å². The van der Waals surface area contributed by atoms with Gasteiger partial charge in [0.15, 0.2) is 0 Å². The number of imidazole rings is 1. The van der Waals surface area contributed by atoms with Crippen LogP contribution in [0.1, 0.15) is 25.6 Å². The highest BCUT2D eigenvalue weighted by atomic mass is 16.5. The van der Waals surface area contributed by atoms with Crippen LogP contribution in [0, 0.1) is 0 Å². The molecule has 0 aromatic carbocycles. The van der Waals surface area contributed by atoms with Gasteiger partial charge in [-0.05, 0) is 0 Å². The molecule has 0 atom stereocenters. The highest BCUT2D eigenvalue weighted by Gasteiger charge is 2.03. The van der Waals surface area contributed by atoms with E-state index in [-0.39, 0.29) is 0 Å². The Morgan fingerprint density at radius 3 is 2.60 bits per heavy atom. The molecule has 0 amide bonds. The van der Waals surface area contributed by atoms with E-state index in [1.165, 1.54) is 0 Å². The van der Waals surface area contributed by atoms with Gasteiger partial charge in [0.1, 0.15) is 5.82 Å². The second-order valence-electron chi connectivity index (χ2n) is 2.48. The monoisotopic (exact) mass is 140 g/mol. The molecule has 1 N–H and O–H groups in total. The molecule has 0 saturated carbocycles. The maximum atomic E-state index is 4.90. The summed E-state index contributed by atoms with van der Waals surface area (Å²) >= 11 is 0. The summed E-state index contributed by atoms with van der Waals surface area (Å²) in [7, 11) is 1.61. The summed E-state index contributed by atoms with van der Waals surface area (Å²) in [5, 5.41) is 0. The van der Waals surface area contributed by atoms with Crippen LogP contribution in [0.4, 0.5) is 0 Å². The van der Waals surface area contributed by atoms with E-state index in [0.29, 0.717) is 11.8 Å². The van der Waals surface area contributed by atoms with E-state index in [9.17, 15) is 0 Å². The van der Waals surface area contributed by atoms with Crippen LogP contribution in [0.2, 0.25) is 0 Å². The molecule has 0 aliphatic carbocycles. The maximum absolute atomic E-state index is 4.90. The largest absolute Gasteiger partial charge is 0.480 e. The molecule has 0 aliphatic heterocycles. The number of hydrogen-bond acceptors (Lipinski definition) is 2. The van der Waals surface area contributed by atoms with Crippen molar-refractivity contribution >= 4 is 0 Å². The molecule has 0 unspecified atom stereocenters. The Balaban J connectivity index is 2.78. The van der Waals surface area contributed by atoms with Gasteiger partial charge in [0.25, 0.3) is 0 Å². The Bertz CT molecular complexity index is 205. The van der Waals surface area contributed by atoms with Crippen LogP contribution >= 0.6 is 0 Å². The van der Waals surface area contributed by atoms with Gasteiger partial charge in [0, 0.05) is 5.92 Å². The van der Waals surface area contributed by atoms with Crippen LogP contribution in [-0.4, -0.2) is 17.1 Å². The molecular weight excluding hydrogens is 128 g/mol. The second kappa shape index (κ2) is 2.73. The first-order valence-electron chi connectivity index (χ1n) is 3.33. The number of rotatable bonds is 2. The van der Waals surface area contributed by atoms with E-state index in [2.05, 4.69) is 23.8 Å². The minimum atomic E-state index is 0.434. The predicted molar refractivity (Wildman–Crippen MR) is 39.2 cm³/mol. The first-order valence-corrected chi connectivity index (χ1v) is 3.33. The van der Waals surface area contributed by atoms with Crippen molar-refractivity contribution in [1.29, 1.82) is 0 Å². The number of aromatic nitrogens is 2. The number of methoxy groups -OCH3 is 1. The third kappa shape index (κ3) is 1.29. The van der Waals surface area contributed by atoms with Gasteiger partial charge in [0.05, 0.1) is 13.3 Å². The molecular formula is C7H12N2O. The number of ether oxygens (including phenoxy) is 1. The molecule has 0 spiro atoms. The molecule has 3 nitrogen and oxygen atoms in total. The number of nitrogens with one attached hydrogen (secondary N) is 1. The fourth-order valence-corrected chi connectivity index (χ4v) is 0.719. The predicted octanol–water partition coefficient (Wildman–Crippen LogP) is 1.54. The van der Waals surface area contributed by atoms with Crippen LogP contribution in [0.5, 0.6) is 5.88 Å². The van der Waals surface area contributed by atoms with Gasteiger partial charge in [0.2, 0.25) is 5.88 Å². The maximum Gasteiger partial charge on any atom is 0.231 e. The molecule has 10 heavy (non-hydrogen) atoms. The van der Waals surface area contributed by atoms with E-state index in [0.717, 1.165) is 5.82 Å². The van der Waals surface area contributed by atoms with Crippen molar-refractivity contribution in [3.05, 3.63) is 12.0 Å². The molecule has 56 valence electrons. The first kappa shape index (κ1) is 7.12. The summed E-state index contributed by atoms with van der Waals surface area (Å²) in [6.45, 7) is 4.16. The Kier molecular flexibility index (Phi) is 1.94. The lowest BCUT2D eigenvalue weighted by molar-refractivity contribution is 0.399. The van der Waals surface area contributed by atoms with Gasteiger partial charge in [-0.2, -0.15) is 4.98 Å². The van der Waals surface area contributed by atoms with Crippen LogP contribution in [0.15, 0.2) is 6.20 Å². The minimum absolute atomic E-state index is 0.434. The lowest BCUT2D eigenvalue weighted by Gasteiger charge is -1.95. The molecule has 0 bridgehead atoms. The van der Waals surface area contributed by atoms with Crippen LogP contribution in [0.25, 0.3) is 0 Å². The van der Waals surface area contributed by atoms with Crippen LogP contribution in [0.3, 0.4) is 0 Å². The molecule has 0 radical (unpaired) electrons. The van der Waals surface area contributed by atoms with Crippen molar-refractivity contribution < 1.29 is 4.74 Å². The van der Waals surface area contributed by atoms with Gasteiger partial charge >= 0.3 is 0 Å². The van der Waals surface area contributed by atoms with E-state index in [1.807, 2.05) is 0 Å². The minimum Gasteiger partial charge on any atom is -0.480 e. The fraction of sp³-hybridized carbons (Fsp3) is 0.571. The standard InChI is InChI=1S/C7H12N2O/c1-5(2)7-8-4-6(9-7)10-3/h4-5H,1-3H3,(H,8,9). The SMILES string of the molecule is COc1c[nH]c(C(C)C)n1. The Morgan fingerprint density at radius 1 is 1.60 bits per heavy atom. The van der Waals surface area contributed by atoms with Crippen molar-refractivity contribution in [2.75, 3.05) is 7.11 Å². The normalized spacial score (nSPS) is 10.4. The van der Waals surface area contributed by atoms with E-state index in [4.69, 9.17) is 4.74 Å². The molecule has 1 aromatic rings. The van der Waals surface area contributed by atoms with Crippen LogP contribution < -0.4 is 4.74 Å². The topological polar surface area (TPSA) is 37.9 Å². The van der Waals surface area contributed by atoms with Gasteiger partial charge < -0.3 is 9.72 Å². The van der Waals surface area contributed by atoms with Crippen molar-refractivity contribution in [2.24, 2.45) is 0 Å². The molecule has 0 saturated heterocycles. The molecule has 0 aliphatic rings. The van der Waals surface area contributed by atoms with E-state index < -0.39 is 0 Å². The summed E-state index contributed by atoms with van der Waals surface area (Å²) < 4.78 is 4.90. The summed E-state index contributed by atoms with van der Waals surface area (Å²) in [5.74, 6) is 2.06. The molecule has 0 fully saturated rings. The summed E-state index contributed by atoms with van der Waals surface area (Å²) in [4.78, 5) is 7.17. The quantitative estimate of drug-likeness (QED) is 0.676. The Labute approximate surface area is 60.4 Å². The molecule has 1 rings (SSSR count). The highest BCUT2D eigenvalue weighted by molar-refractivity contribution is 5.08. The van der Waals surface area contributed by atoms with Crippen molar-refractivity contribution in [1.82, 2.24) is 9.97 Å². The number of hydrogen-bond donors (Lipinski definition) is 1. The summed E-state index contributed by atoms with van der Waals surface area (Å²) in [5.41, 5.74) is 0. The highest BCUT2D eigenvalue weighted by Crippen LogP contribution is 2.12. The number of H-pyrrole nitrogens is 1. The average Bonchev–Trinajstić information content (AvgIpc) is 2.34. The van der Waals surface area contributed by atoms with Crippen molar-refractivity contribution in [2.45, 2.75) is 19.8 Å². The van der Waals surface area contributed by atoms with Crippen molar-refractivity contribution in [3.63, 3.8) is 0 Å². The summed E-state index contributed by atoms with van der Waals surface area (Å²) in [6, 6.07) is 0. The molecule has 3 heteroatoms. The Morgan fingerprint density at radius 2 is 2.30 bits per heavy atom. The molecule has 1 aromatic heterocycles. The zero-order valence-electron chi connectivity index (χ0n) is 6.51. The van der Waals surface area contributed by atoms with Gasteiger partial charge in [-0.25, -0.2) is 0 Å². The molecule has 1 heterocycles. The van der Waals surface area contributed by atoms with Gasteiger partial charge in [-0.3, -0.25) is 0 Å². The number of nitrogens with zero attached hydrogens (tertiary/aromatic N) is 1. The summed E-state index contributed by atoms with van der Waals surface area (Å²) in [6.07, 6.45) is 1.76. The third-order valence-electron chi connectivity index (χ3n) is 1.33. The lowest BCUT2D eigenvalue weighted by atomic mass is 10.2. The average molecular weight is 140 g/mol. The number of aromatic amines is 1. The third-order valence-corrected chi connectivity index (χ3v) is 1.33. The van der Waals surface area contributed by atoms with Gasteiger partial charge in [-0.1, -0.05) is 13.8 Å². The van der Waals surface area contributed by atoms with Gasteiger partial charge in [-0.15, -0.1) is 0 Å². The van der Waals surface area contributed by atoms with E-state index >= 15 is 0 Å².